The van der Waals surface area contributed by atoms with Gasteiger partial charge in [0.25, 0.3) is 0 Å². The van der Waals surface area contributed by atoms with E-state index in [0.717, 1.165) is 5.02 Å². The summed E-state index contributed by atoms with van der Waals surface area (Å²) in [6.07, 6.45) is 0. The molecule has 0 heterocycles. The van der Waals surface area contributed by atoms with Crippen molar-refractivity contribution in [3.05, 3.63) is 35.4 Å². The minimum Gasteiger partial charge on any atom is -0.375 e. The second-order valence-electron chi connectivity index (χ2n) is 1.80. The van der Waals surface area contributed by atoms with Crippen molar-refractivity contribution >= 4 is 28.9 Å². The molecule has 0 atom stereocenters. The number of benzene rings is 1. The molecular weight excluding hydrogens is 194 g/mol. The van der Waals surface area contributed by atoms with Crippen LogP contribution in [0.25, 0.3) is 0 Å². The fourth-order valence-electron chi connectivity index (χ4n) is 0.415. The predicted molar refractivity (Wildman–Crippen MR) is 55.6 cm³/mol. The molecule has 1 aromatic carbocycles. The molecule has 1 aromatic rings. The summed E-state index contributed by atoms with van der Waals surface area (Å²) >= 11 is 9.78. The van der Waals surface area contributed by atoms with Gasteiger partial charge >= 0.3 is 0 Å². The topological polar surface area (TPSA) is 64.1 Å². The highest BCUT2D eigenvalue weighted by Crippen LogP contribution is 2.03. The van der Waals surface area contributed by atoms with Gasteiger partial charge in [0.15, 0.2) is 5.11 Å². The first kappa shape index (κ1) is 11.2. The molecule has 0 aliphatic carbocycles. The molecule has 3 nitrogen and oxygen atoms in total. The lowest BCUT2D eigenvalue weighted by atomic mass is 10.4. The first-order chi connectivity index (χ1) is 5.66. The van der Waals surface area contributed by atoms with E-state index in [-0.39, 0.29) is 5.11 Å². The summed E-state index contributed by atoms with van der Waals surface area (Å²) in [5.41, 5.74) is 6.82. The van der Waals surface area contributed by atoms with Crippen molar-refractivity contribution in [1.82, 2.24) is 5.43 Å². The van der Waals surface area contributed by atoms with Crippen LogP contribution >= 0.6 is 23.8 Å². The van der Waals surface area contributed by atoms with Gasteiger partial charge in [-0.2, -0.15) is 0 Å². The van der Waals surface area contributed by atoms with Crippen LogP contribution < -0.4 is 17.0 Å². The highest BCUT2D eigenvalue weighted by molar-refractivity contribution is 7.80. The summed E-state index contributed by atoms with van der Waals surface area (Å²) in [5, 5.41) is 0.910. The third kappa shape index (κ3) is 7.27. The van der Waals surface area contributed by atoms with Gasteiger partial charge in [-0.25, -0.2) is 5.84 Å². The average molecular weight is 204 g/mol. The van der Waals surface area contributed by atoms with E-state index in [1.54, 1.807) is 0 Å². The second-order valence-corrected chi connectivity index (χ2v) is 2.68. The maximum Gasteiger partial charge on any atom is 0.177 e. The molecular formula is C7H10ClN3S. The molecule has 0 fully saturated rings. The summed E-state index contributed by atoms with van der Waals surface area (Å²) < 4.78 is 0. The Kier molecular flexibility index (Phi) is 6.37. The molecule has 0 saturated heterocycles. The lowest BCUT2D eigenvalue weighted by molar-refractivity contribution is 1.03. The Morgan fingerprint density at radius 3 is 1.92 bits per heavy atom. The van der Waals surface area contributed by atoms with E-state index in [4.69, 9.17) is 17.3 Å². The largest absolute Gasteiger partial charge is 0.375 e. The lowest BCUT2D eigenvalue weighted by Gasteiger charge is -1.85. The molecule has 0 aliphatic heterocycles. The van der Waals surface area contributed by atoms with Crippen LogP contribution in [-0.2, 0) is 0 Å². The van der Waals surface area contributed by atoms with Crippen molar-refractivity contribution in [3.63, 3.8) is 0 Å². The van der Waals surface area contributed by atoms with Crippen LogP contribution in [-0.4, -0.2) is 5.11 Å². The van der Waals surface area contributed by atoms with Crippen molar-refractivity contribution in [2.75, 3.05) is 0 Å². The Hall–Kier alpha value is -0.840. The minimum absolute atomic E-state index is 0.116. The molecule has 0 spiro atoms. The van der Waals surface area contributed by atoms with Crippen LogP contribution in [0.4, 0.5) is 0 Å². The van der Waals surface area contributed by atoms with E-state index in [2.05, 4.69) is 18.1 Å². The zero-order chi connectivity index (χ0) is 9.40. The SMILES string of the molecule is Clc1ccccc1.NNC(N)=S. The summed E-state index contributed by atoms with van der Waals surface area (Å²) in [6, 6.07) is 9.44. The second kappa shape index (κ2) is 6.84. The summed E-state index contributed by atoms with van der Waals surface area (Å²) in [6.45, 7) is 0. The Bertz CT molecular complexity index is 227. The Morgan fingerprint density at radius 2 is 1.75 bits per heavy atom. The fourth-order valence-corrected chi connectivity index (χ4v) is 0.560. The summed E-state index contributed by atoms with van der Waals surface area (Å²) in [7, 11) is 0. The van der Waals surface area contributed by atoms with Gasteiger partial charge in [-0.05, 0) is 24.4 Å². The number of hydrogen-bond acceptors (Lipinski definition) is 2. The van der Waals surface area contributed by atoms with E-state index in [1.807, 2.05) is 35.8 Å². The molecule has 12 heavy (non-hydrogen) atoms. The number of rotatable bonds is 0. The molecule has 66 valence electrons. The van der Waals surface area contributed by atoms with Crippen molar-refractivity contribution in [3.8, 4) is 0 Å². The number of nitrogens with one attached hydrogen (secondary N) is 1. The predicted octanol–water partition coefficient (Wildman–Crippen LogP) is 1.03. The Balaban J connectivity index is 0.000000217. The van der Waals surface area contributed by atoms with E-state index in [1.165, 1.54) is 0 Å². The number of halogens is 1. The standard InChI is InChI=1S/C6H5Cl.CH5N3S/c7-6-4-2-1-3-5-6;2-1(5)4-3/h1-5H;3H2,(H3,2,4,5). The molecule has 0 radical (unpaired) electrons. The summed E-state index contributed by atoms with van der Waals surface area (Å²) in [4.78, 5) is 0. The normalized spacial score (nSPS) is 7.83. The number of hydrogen-bond donors (Lipinski definition) is 3. The molecule has 0 aromatic heterocycles. The van der Waals surface area contributed by atoms with E-state index in [0.29, 0.717) is 0 Å². The molecule has 0 bridgehead atoms. The quantitative estimate of drug-likeness (QED) is 0.335. The first-order valence-corrected chi connectivity index (χ1v) is 3.92. The molecule has 0 saturated carbocycles. The zero-order valence-electron chi connectivity index (χ0n) is 6.33. The Morgan fingerprint density at radius 1 is 1.33 bits per heavy atom. The van der Waals surface area contributed by atoms with Crippen molar-refractivity contribution in [2.24, 2.45) is 11.6 Å². The molecule has 5 N–H and O–H groups in total. The fraction of sp³-hybridized carbons (Fsp3) is 0. The van der Waals surface area contributed by atoms with Crippen LogP contribution in [0.2, 0.25) is 5.02 Å². The third-order valence-electron chi connectivity index (χ3n) is 0.875. The van der Waals surface area contributed by atoms with Gasteiger partial charge in [0, 0.05) is 5.02 Å². The van der Waals surface area contributed by atoms with Gasteiger partial charge in [-0.1, -0.05) is 29.8 Å². The third-order valence-corrected chi connectivity index (χ3v) is 1.25. The van der Waals surface area contributed by atoms with E-state index < -0.39 is 0 Å². The van der Waals surface area contributed by atoms with Gasteiger partial charge in [-0.3, -0.25) is 0 Å². The van der Waals surface area contributed by atoms with Crippen LogP contribution in [0, 0.1) is 0 Å². The molecule has 0 unspecified atom stereocenters. The molecule has 0 amide bonds. The van der Waals surface area contributed by atoms with E-state index in [9.17, 15) is 0 Å². The van der Waals surface area contributed by atoms with Gasteiger partial charge in [0.1, 0.15) is 0 Å². The highest BCUT2D eigenvalue weighted by atomic mass is 35.5. The molecule has 0 aliphatic rings. The maximum atomic E-state index is 5.54. The first-order valence-electron chi connectivity index (χ1n) is 3.13. The smallest absolute Gasteiger partial charge is 0.177 e. The minimum atomic E-state index is 0.116. The van der Waals surface area contributed by atoms with Gasteiger partial charge in [0.05, 0.1) is 0 Å². The van der Waals surface area contributed by atoms with Crippen LogP contribution in [0.5, 0.6) is 0 Å². The highest BCUT2D eigenvalue weighted by Gasteiger charge is 1.74. The lowest BCUT2D eigenvalue weighted by Crippen LogP contribution is -2.34. The monoisotopic (exact) mass is 203 g/mol. The van der Waals surface area contributed by atoms with Gasteiger partial charge in [0.2, 0.25) is 0 Å². The van der Waals surface area contributed by atoms with Crippen LogP contribution in [0.3, 0.4) is 0 Å². The zero-order valence-corrected chi connectivity index (χ0v) is 7.90. The van der Waals surface area contributed by atoms with Gasteiger partial charge < -0.3 is 11.2 Å². The van der Waals surface area contributed by atoms with E-state index >= 15 is 0 Å². The molecule has 5 heteroatoms. The Labute approximate surface area is 81.7 Å². The average Bonchev–Trinajstić information content (AvgIpc) is 2.07. The van der Waals surface area contributed by atoms with Gasteiger partial charge in [-0.15, -0.1) is 0 Å². The van der Waals surface area contributed by atoms with Crippen molar-refractivity contribution in [2.45, 2.75) is 0 Å². The number of nitrogens with two attached hydrogens (primary N) is 2. The summed E-state index contributed by atoms with van der Waals surface area (Å²) in [5.74, 6) is 4.66. The van der Waals surface area contributed by atoms with Crippen LogP contribution in [0.1, 0.15) is 0 Å². The van der Waals surface area contributed by atoms with Crippen molar-refractivity contribution < 1.29 is 0 Å². The molecule has 1 rings (SSSR count). The maximum absolute atomic E-state index is 5.54. The van der Waals surface area contributed by atoms with Crippen molar-refractivity contribution in [1.29, 1.82) is 0 Å². The van der Waals surface area contributed by atoms with Crippen LogP contribution in [0.15, 0.2) is 30.3 Å². The number of thiocarbonyl (C=S) groups is 1. The number of hydrazine groups is 1.